The van der Waals surface area contributed by atoms with E-state index in [4.69, 9.17) is 14.2 Å². The molecule has 1 aliphatic rings. The molecule has 2 N–H and O–H groups in total. The minimum absolute atomic E-state index is 0.103. The van der Waals surface area contributed by atoms with Gasteiger partial charge in [0.1, 0.15) is 5.75 Å². The van der Waals surface area contributed by atoms with Crippen LogP contribution in [0.25, 0.3) is 0 Å². The average molecular weight is 428 g/mol. The van der Waals surface area contributed by atoms with E-state index in [0.717, 1.165) is 22.4 Å². The number of ether oxygens (including phenoxy) is 3. The van der Waals surface area contributed by atoms with Crippen molar-refractivity contribution in [2.45, 2.75) is 25.4 Å². The van der Waals surface area contributed by atoms with E-state index in [2.05, 4.69) is 5.32 Å². The van der Waals surface area contributed by atoms with Gasteiger partial charge in [-0.3, -0.25) is 14.5 Å². The SMILES string of the molecule is COc1ccc(CNC(=O)CN2CCc3cc(OC)c(OC)cc3[C@@H]2CC(=O)O)cc1. The fourth-order valence-corrected chi connectivity index (χ4v) is 3.86. The highest BCUT2D eigenvalue weighted by Gasteiger charge is 2.31. The second kappa shape index (κ2) is 10.2. The van der Waals surface area contributed by atoms with Crippen LogP contribution >= 0.6 is 0 Å². The summed E-state index contributed by atoms with van der Waals surface area (Å²) in [5, 5.41) is 12.4. The van der Waals surface area contributed by atoms with Gasteiger partial charge in [-0.2, -0.15) is 0 Å². The minimum Gasteiger partial charge on any atom is -0.497 e. The highest BCUT2D eigenvalue weighted by atomic mass is 16.5. The van der Waals surface area contributed by atoms with Crippen molar-refractivity contribution in [3.8, 4) is 17.2 Å². The second-order valence-electron chi connectivity index (χ2n) is 7.36. The summed E-state index contributed by atoms with van der Waals surface area (Å²) in [7, 11) is 4.72. The molecule has 166 valence electrons. The van der Waals surface area contributed by atoms with Crippen LogP contribution in [0.1, 0.15) is 29.2 Å². The number of nitrogens with one attached hydrogen (secondary N) is 1. The number of carboxylic acids is 1. The van der Waals surface area contributed by atoms with Gasteiger partial charge < -0.3 is 24.6 Å². The molecule has 1 amide bonds. The Balaban J connectivity index is 1.72. The van der Waals surface area contributed by atoms with Gasteiger partial charge in [-0.1, -0.05) is 12.1 Å². The first-order valence-electron chi connectivity index (χ1n) is 10.1. The fraction of sp³-hybridized carbons (Fsp3) is 0.391. The lowest BCUT2D eigenvalue weighted by Crippen LogP contribution is -2.43. The molecule has 0 saturated heterocycles. The third-order valence-corrected chi connectivity index (χ3v) is 5.48. The molecule has 1 heterocycles. The van der Waals surface area contributed by atoms with Gasteiger partial charge >= 0.3 is 5.97 Å². The van der Waals surface area contributed by atoms with Crippen molar-refractivity contribution in [2.75, 3.05) is 34.4 Å². The fourth-order valence-electron chi connectivity index (χ4n) is 3.86. The number of carbonyl (C=O) groups is 2. The maximum Gasteiger partial charge on any atom is 0.305 e. The van der Waals surface area contributed by atoms with E-state index in [1.807, 2.05) is 41.3 Å². The number of nitrogens with zero attached hydrogens (tertiary/aromatic N) is 1. The first-order valence-corrected chi connectivity index (χ1v) is 10.1. The average Bonchev–Trinajstić information content (AvgIpc) is 2.78. The number of hydrogen-bond acceptors (Lipinski definition) is 6. The number of methoxy groups -OCH3 is 3. The maximum absolute atomic E-state index is 12.6. The number of carboxylic acid groups (broad SMARTS) is 1. The van der Waals surface area contributed by atoms with Crippen LogP contribution in [0.4, 0.5) is 0 Å². The molecule has 8 nitrogen and oxygen atoms in total. The van der Waals surface area contributed by atoms with Gasteiger partial charge in [0.25, 0.3) is 0 Å². The predicted molar refractivity (Wildman–Crippen MR) is 115 cm³/mol. The molecule has 0 aromatic heterocycles. The van der Waals surface area contributed by atoms with Gasteiger partial charge in [0.15, 0.2) is 11.5 Å². The van der Waals surface area contributed by atoms with Gasteiger partial charge in [0.05, 0.1) is 34.3 Å². The Bertz CT molecular complexity index is 928. The van der Waals surface area contributed by atoms with E-state index in [9.17, 15) is 14.7 Å². The zero-order valence-electron chi connectivity index (χ0n) is 18.0. The standard InChI is InChI=1S/C23H28N2O6/c1-29-17-6-4-15(5-7-17)13-24-22(26)14-25-9-8-16-10-20(30-2)21(31-3)11-18(16)19(25)12-23(27)28/h4-7,10-11,19H,8-9,12-14H2,1-3H3,(H,24,26)(H,27,28)/t19-/m0/s1. The van der Waals surface area contributed by atoms with Crippen LogP contribution < -0.4 is 19.5 Å². The van der Waals surface area contributed by atoms with E-state index in [1.54, 1.807) is 21.3 Å². The Morgan fingerprint density at radius 3 is 2.35 bits per heavy atom. The lowest BCUT2D eigenvalue weighted by atomic mass is 9.90. The molecular weight excluding hydrogens is 400 g/mol. The lowest BCUT2D eigenvalue weighted by molar-refractivity contribution is -0.139. The molecule has 0 aliphatic carbocycles. The molecule has 2 aromatic carbocycles. The summed E-state index contributed by atoms with van der Waals surface area (Å²) >= 11 is 0. The van der Waals surface area contributed by atoms with Crippen LogP contribution in [0.3, 0.4) is 0 Å². The Hall–Kier alpha value is -3.26. The zero-order chi connectivity index (χ0) is 22.4. The van der Waals surface area contributed by atoms with Gasteiger partial charge in [0, 0.05) is 19.1 Å². The van der Waals surface area contributed by atoms with Crippen molar-refractivity contribution in [1.29, 1.82) is 0 Å². The summed E-state index contributed by atoms with van der Waals surface area (Å²) in [6.07, 6.45) is 0.589. The lowest BCUT2D eigenvalue weighted by Gasteiger charge is -2.36. The summed E-state index contributed by atoms with van der Waals surface area (Å²) < 4.78 is 15.9. The number of benzene rings is 2. The smallest absolute Gasteiger partial charge is 0.305 e. The third-order valence-electron chi connectivity index (χ3n) is 5.48. The number of amides is 1. The Morgan fingerprint density at radius 2 is 1.74 bits per heavy atom. The summed E-state index contributed by atoms with van der Waals surface area (Å²) in [6, 6.07) is 10.8. The number of aliphatic carboxylic acids is 1. The molecule has 2 aromatic rings. The van der Waals surface area contributed by atoms with Crippen LogP contribution in [0.5, 0.6) is 17.2 Å². The molecule has 31 heavy (non-hydrogen) atoms. The normalized spacial score (nSPS) is 15.6. The molecule has 1 atom stereocenters. The highest BCUT2D eigenvalue weighted by molar-refractivity contribution is 5.78. The maximum atomic E-state index is 12.6. The summed E-state index contributed by atoms with van der Waals surface area (Å²) in [6.45, 7) is 1.08. The molecular formula is C23H28N2O6. The third kappa shape index (κ3) is 5.46. The van der Waals surface area contributed by atoms with Crippen LogP contribution in [-0.2, 0) is 22.6 Å². The summed E-state index contributed by atoms with van der Waals surface area (Å²) in [5.74, 6) is 0.834. The van der Waals surface area contributed by atoms with E-state index in [1.165, 1.54) is 0 Å². The van der Waals surface area contributed by atoms with Crippen molar-refractivity contribution in [2.24, 2.45) is 0 Å². The first kappa shape index (κ1) is 22.4. The molecule has 0 saturated carbocycles. The zero-order valence-corrected chi connectivity index (χ0v) is 18.0. The topological polar surface area (TPSA) is 97.3 Å². The monoisotopic (exact) mass is 428 g/mol. The Kier molecular flexibility index (Phi) is 7.36. The molecule has 0 unspecified atom stereocenters. The van der Waals surface area contributed by atoms with E-state index in [0.29, 0.717) is 31.0 Å². The van der Waals surface area contributed by atoms with Crippen LogP contribution in [0.2, 0.25) is 0 Å². The summed E-state index contributed by atoms with van der Waals surface area (Å²) in [5.41, 5.74) is 2.82. The van der Waals surface area contributed by atoms with Crippen molar-refractivity contribution in [1.82, 2.24) is 10.2 Å². The Labute approximate surface area is 181 Å². The van der Waals surface area contributed by atoms with Gasteiger partial charge in [-0.25, -0.2) is 0 Å². The number of fused-ring (bicyclic) bond motifs is 1. The predicted octanol–water partition coefficient (Wildman–Crippen LogP) is 2.40. The van der Waals surface area contributed by atoms with Gasteiger partial charge in [0.2, 0.25) is 5.91 Å². The minimum atomic E-state index is -0.920. The molecule has 3 rings (SSSR count). The largest absolute Gasteiger partial charge is 0.497 e. The Morgan fingerprint density at radius 1 is 1.06 bits per heavy atom. The van der Waals surface area contributed by atoms with Crippen molar-refractivity contribution in [3.63, 3.8) is 0 Å². The molecule has 0 fully saturated rings. The van der Waals surface area contributed by atoms with Crippen molar-refractivity contribution >= 4 is 11.9 Å². The second-order valence-corrected chi connectivity index (χ2v) is 7.36. The number of carbonyl (C=O) groups excluding carboxylic acids is 1. The molecule has 0 bridgehead atoms. The van der Waals surface area contributed by atoms with E-state index in [-0.39, 0.29) is 18.9 Å². The quantitative estimate of drug-likeness (QED) is 0.633. The van der Waals surface area contributed by atoms with Crippen molar-refractivity contribution < 1.29 is 28.9 Å². The van der Waals surface area contributed by atoms with Crippen LogP contribution in [0, 0.1) is 0 Å². The summed E-state index contributed by atoms with van der Waals surface area (Å²) in [4.78, 5) is 26.1. The number of hydrogen-bond donors (Lipinski definition) is 2. The molecule has 0 radical (unpaired) electrons. The van der Waals surface area contributed by atoms with E-state index >= 15 is 0 Å². The van der Waals surface area contributed by atoms with Crippen LogP contribution in [0.15, 0.2) is 36.4 Å². The molecule has 8 heteroatoms. The first-order chi connectivity index (χ1) is 14.9. The van der Waals surface area contributed by atoms with Crippen molar-refractivity contribution in [3.05, 3.63) is 53.1 Å². The van der Waals surface area contributed by atoms with Gasteiger partial charge in [-0.15, -0.1) is 0 Å². The van der Waals surface area contributed by atoms with Crippen LogP contribution in [-0.4, -0.2) is 56.3 Å². The number of rotatable bonds is 9. The van der Waals surface area contributed by atoms with E-state index < -0.39 is 12.0 Å². The molecule has 1 aliphatic heterocycles. The molecule has 0 spiro atoms. The van der Waals surface area contributed by atoms with Gasteiger partial charge in [-0.05, 0) is 47.4 Å². The highest BCUT2D eigenvalue weighted by Crippen LogP contribution is 2.39.